The van der Waals surface area contributed by atoms with Crippen LogP contribution in [0.4, 0.5) is 5.69 Å². The minimum atomic E-state index is -3.64. The van der Waals surface area contributed by atoms with Gasteiger partial charge in [-0.15, -0.1) is 0 Å². The van der Waals surface area contributed by atoms with E-state index in [9.17, 15) is 23.3 Å². The Morgan fingerprint density at radius 1 is 1.10 bits per heavy atom. The van der Waals surface area contributed by atoms with Gasteiger partial charge in [0.1, 0.15) is 0 Å². The number of carbonyl (C=O) groups excluding carboxylic acids is 1. The van der Waals surface area contributed by atoms with E-state index in [1.807, 2.05) is 12.1 Å². The summed E-state index contributed by atoms with van der Waals surface area (Å²) in [7, 11) is -3.64. The van der Waals surface area contributed by atoms with E-state index >= 15 is 0 Å². The minimum Gasteiger partial charge on any atom is -0.336 e. The molecule has 8 nitrogen and oxygen atoms in total. The summed E-state index contributed by atoms with van der Waals surface area (Å²) in [6.45, 7) is 4.99. The average Bonchev–Trinajstić information content (AvgIpc) is 2.78. The summed E-state index contributed by atoms with van der Waals surface area (Å²) < 4.78 is 27.3. The maximum atomic E-state index is 13.0. The molecule has 0 bridgehead atoms. The van der Waals surface area contributed by atoms with Crippen LogP contribution < -0.4 is 0 Å². The highest BCUT2D eigenvalue weighted by Crippen LogP contribution is 2.23. The van der Waals surface area contributed by atoms with Gasteiger partial charge in [0.15, 0.2) is 0 Å². The third kappa shape index (κ3) is 4.52. The minimum absolute atomic E-state index is 0.150. The van der Waals surface area contributed by atoms with Crippen molar-refractivity contribution < 1.29 is 18.1 Å². The van der Waals surface area contributed by atoms with Crippen molar-refractivity contribution in [2.45, 2.75) is 31.1 Å². The topological polar surface area (TPSA) is 101 Å². The van der Waals surface area contributed by atoms with Crippen LogP contribution in [-0.4, -0.2) is 54.6 Å². The van der Waals surface area contributed by atoms with Crippen molar-refractivity contribution in [2.75, 3.05) is 26.2 Å². The van der Waals surface area contributed by atoms with Gasteiger partial charge in [0.2, 0.25) is 10.0 Å². The van der Waals surface area contributed by atoms with Crippen LogP contribution in [0.5, 0.6) is 0 Å². The van der Waals surface area contributed by atoms with Crippen LogP contribution in [0.2, 0.25) is 0 Å². The van der Waals surface area contributed by atoms with Crippen LogP contribution >= 0.6 is 0 Å². The molecule has 9 heteroatoms. The Balaban J connectivity index is 1.68. The highest BCUT2D eigenvalue weighted by molar-refractivity contribution is 7.89. The fraction of sp³-hybridized carbons (Fsp3) is 0.381. The molecule has 1 amide bonds. The van der Waals surface area contributed by atoms with Crippen molar-refractivity contribution in [3.8, 4) is 0 Å². The van der Waals surface area contributed by atoms with Gasteiger partial charge >= 0.3 is 0 Å². The van der Waals surface area contributed by atoms with Crippen LogP contribution in [0.25, 0.3) is 0 Å². The fourth-order valence-corrected chi connectivity index (χ4v) is 4.84. The van der Waals surface area contributed by atoms with Crippen molar-refractivity contribution in [3.63, 3.8) is 0 Å². The lowest BCUT2D eigenvalue weighted by Crippen LogP contribution is -2.50. The van der Waals surface area contributed by atoms with Crippen LogP contribution in [0, 0.1) is 10.1 Å². The number of rotatable bonds is 6. The summed E-state index contributed by atoms with van der Waals surface area (Å²) in [6, 6.07) is 12.5. The highest BCUT2D eigenvalue weighted by Gasteiger charge is 2.30. The number of sulfonamides is 1. The monoisotopic (exact) mass is 431 g/mol. The maximum Gasteiger partial charge on any atom is 0.270 e. The summed E-state index contributed by atoms with van der Waals surface area (Å²) in [6.07, 6.45) is 0.979. The zero-order valence-corrected chi connectivity index (χ0v) is 17.8. The predicted molar refractivity (Wildman–Crippen MR) is 113 cm³/mol. The summed E-state index contributed by atoms with van der Waals surface area (Å²) in [5.74, 6) is 0.0266. The summed E-state index contributed by atoms with van der Waals surface area (Å²) in [5, 5.41) is 10.9. The summed E-state index contributed by atoms with van der Waals surface area (Å²) >= 11 is 0. The Labute approximate surface area is 176 Å². The van der Waals surface area contributed by atoms with Gasteiger partial charge in [-0.05, 0) is 36.1 Å². The lowest BCUT2D eigenvalue weighted by atomic mass is 9.99. The average molecular weight is 432 g/mol. The van der Waals surface area contributed by atoms with Gasteiger partial charge in [-0.25, -0.2) is 8.42 Å². The molecule has 0 aromatic heterocycles. The summed E-state index contributed by atoms with van der Waals surface area (Å²) in [5.41, 5.74) is 1.17. The largest absolute Gasteiger partial charge is 0.336 e. The third-order valence-electron chi connectivity index (χ3n) is 5.53. The molecule has 3 rings (SSSR count). The van der Waals surface area contributed by atoms with Crippen LogP contribution in [0.1, 0.15) is 42.1 Å². The molecule has 0 saturated carbocycles. The van der Waals surface area contributed by atoms with Crippen LogP contribution in [-0.2, 0) is 10.0 Å². The zero-order chi connectivity index (χ0) is 21.9. The first-order valence-electron chi connectivity index (χ1n) is 9.88. The van der Waals surface area contributed by atoms with Crippen LogP contribution in [0.3, 0.4) is 0 Å². The molecule has 1 heterocycles. The molecule has 1 unspecified atom stereocenters. The predicted octanol–water partition coefficient (Wildman–Crippen LogP) is 3.26. The highest BCUT2D eigenvalue weighted by atomic mass is 32.2. The van der Waals surface area contributed by atoms with E-state index < -0.39 is 14.9 Å². The van der Waals surface area contributed by atoms with Crippen molar-refractivity contribution in [1.29, 1.82) is 0 Å². The lowest BCUT2D eigenvalue weighted by molar-refractivity contribution is -0.384. The number of nitro groups is 1. The standard InChI is InChI=1S/C21H25N3O5S/c1-3-16(2)17-7-9-20(10-8-17)30(28,29)23-13-11-22(12-14-23)21(25)18-5-4-6-19(15-18)24(26)27/h4-10,15-16H,3,11-14H2,1-2H3. The number of hydrogen-bond donors (Lipinski definition) is 0. The second-order valence-corrected chi connectivity index (χ2v) is 9.32. The van der Waals surface area contributed by atoms with Crippen LogP contribution in [0.15, 0.2) is 53.4 Å². The molecule has 160 valence electrons. The number of nitro benzene ring substituents is 1. The quantitative estimate of drug-likeness (QED) is 0.516. The number of benzene rings is 2. The zero-order valence-electron chi connectivity index (χ0n) is 17.0. The molecule has 1 fully saturated rings. The molecule has 0 aliphatic carbocycles. The molecule has 30 heavy (non-hydrogen) atoms. The van der Waals surface area contributed by atoms with Gasteiger partial charge in [0, 0.05) is 43.9 Å². The van der Waals surface area contributed by atoms with Crippen molar-refractivity contribution in [1.82, 2.24) is 9.21 Å². The SMILES string of the molecule is CCC(C)c1ccc(S(=O)(=O)N2CCN(C(=O)c3cccc([N+](=O)[O-])c3)CC2)cc1. The van der Waals surface area contributed by atoms with Crippen molar-refractivity contribution in [2.24, 2.45) is 0 Å². The molecule has 1 aliphatic rings. The third-order valence-corrected chi connectivity index (χ3v) is 7.44. The maximum absolute atomic E-state index is 13.0. The number of piperazine rings is 1. The van der Waals surface area contributed by atoms with Gasteiger partial charge in [0.05, 0.1) is 9.82 Å². The first-order valence-corrected chi connectivity index (χ1v) is 11.3. The molecule has 2 aromatic rings. The lowest BCUT2D eigenvalue weighted by Gasteiger charge is -2.34. The number of carbonyl (C=O) groups is 1. The first kappa shape index (κ1) is 21.9. The van der Waals surface area contributed by atoms with Gasteiger partial charge < -0.3 is 4.90 Å². The summed E-state index contributed by atoms with van der Waals surface area (Å²) in [4.78, 5) is 24.8. The van der Waals surface area contributed by atoms with E-state index in [4.69, 9.17) is 0 Å². The van der Waals surface area contributed by atoms with Gasteiger partial charge in [0.25, 0.3) is 11.6 Å². The van der Waals surface area contributed by atoms with E-state index in [2.05, 4.69) is 13.8 Å². The Morgan fingerprint density at radius 3 is 2.30 bits per heavy atom. The van der Waals surface area contributed by atoms with Crippen molar-refractivity contribution in [3.05, 3.63) is 69.8 Å². The fourth-order valence-electron chi connectivity index (χ4n) is 3.42. The first-order chi connectivity index (χ1) is 14.2. The molecule has 1 aliphatic heterocycles. The Kier molecular flexibility index (Phi) is 6.52. The number of amides is 1. The van der Waals surface area contributed by atoms with E-state index in [0.29, 0.717) is 5.92 Å². The molecular formula is C21H25N3O5S. The van der Waals surface area contributed by atoms with Gasteiger partial charge in [-0.2, -0.15) is 4.31 Å². The van der Waals surface area contributed by atoms with Gasteiger partial charge in [-0.3, -0.25) is 14.9 Å². The second-order valence-electron chi connectivity index (χ2n) is 7.38. The molecule has 1 saturated heterocycles. The Morgan fingerprint density at radius 2 is 1.73 bits per heavy atom. The molecular weight excluding hydrogens is 406 g/mol. The number of non-ortho nitro benzene ring substituents is 1. The number of nitrogens with zero attached hydrogens (tertiary/aromatic N) is 3. The van der Waals surface area contributed by atoms with E-state index in [-0.39, 0.29) is 48.2 Å². The molecule has 0 N–H and O–H groups in total. The molecule has 2 aromatic carbocycles. The molecule has 0 spiro atoms. The number of hydrogen-bond acceptors (Lipinski definition) is 5. The van der Waals surface area contributed by atoms with E-state index in [1.54, 1.807) is 12.1 Å². The van der Waals surface area contributed by atoms with E-state index in [0.717, 1.165) is 12.0 Å². The smallest absolute Gasteiger partial charge is 0.270 e. The van der Waals surface area contributed by atoms with Crippen molar-refractivity contribution >= 4 is 21.6 Å². The Bertz CT molecular complexity index is 1030. The molecule has 0 radical (unpaired) electrons. The van der Waals surface area contributed by atoms with E-state index in [1.165, 1.54) is 33.5 Å². The van der Waals surface area contributed by atoms with Gasteiger partial charge in [-0.1, -0.05) is 32.0 Å². The normalized spacial score (nSPS) is 16.3. The Hall–Kier alpha value is -2.78. The molecule has 1 atom stereocenters. The second kappa shape index (κ2) is 8.93.